The number of rotatable bonds is 4. The van der Waals surface area contributed by atoms with Gasteiger partial charge in [0.15, 0.2) is 0 Å². The number of amides is 1. The standard InChI is InChI=1S/C15H19ClN2O3/c16-11-5-8-17-12(9-11)13(19)18-10-15(14(20)21)6-3-1-2-4-7-15/h5,8-9H,1-4,6-7,10H2,(H,18,19)(H,20,21). The summed E-state index contributed by atoms with van der Waals surface area (Å²) in [6.07, 6.45) is 6.54. The highest BCUT2D eigenvalue weighted by Gasteiger charge is 2.38. The fraction of sp³-hybridized carbons (Fsp3) is 0.533. The third-order valence-corrected chi connectivity index (χ3v) is 4.29. The fourth-order valence-corrected chi connectivity index (χ4v) is 2.90. The smallest absolute Gasteiger partial charge is 0.311 e. The highest BCUT2D eigenvalue weighted by atomic mass is 35.5. The van der Waals surface area contributed by atoms with Gasteiger partial charge >= 0.3 is 5.97 Å². The van der Waals surface area contributed by atoms with Crippen molar-refractivity contribution in [3.8, 4) is 0 Å². The molecular formula is C15H19ClN2O3. The van der Waals surface area contributed by atoms with E-state index in [1.807, 2.05) is 0 Å². The molecule has 1 aliphatic rings. The van der Waals surface area contributed by atoms with E-state index >= 15 is 0 Å². The van der Waals surface area contributed by atoms with Crippen molar-refractivity contribution < 1.29 is 14.7 Å². The van der Waals surface area contributed by atoms with Crippen LogP contribution in [-0.2, 0) is 4.79 Å². The molecule has 0 radical (unpaired) electrons. The maximum absolute atomic E-state index is 12.1. The summed E-state index contributed by atoms with van der Waals surface area (Å²) >= 11 is 5.82. The fourth-order valence-electron chi connectivity index (χ4n) is 2.74. The third-order valence-electron chi connectivity index (χ3n) is 4.06. The summed E-state index contributed by atoms with van der Waals surface area (Å²) < 4.78 is 0. The van der Waals surface area contributed by atoms with Crippen molar-refractivity contribution in [2.75, 3.05) is 6.54 Å². The second-order valence-electron chi connectivity index (χ2n) is 5.54. The third kappa shape index (κ3) is 3.94. The SMILES string of the molecule is O=C(NCC1(C(=O)O)CCCCCC1)c1cc(Cl)ccn1. The van der Waals surface area contributed by atoms with Crippen molar-refractivity contribution in [3.63, 3.8) is 0 Å². The Bertz CT molecular complexity index is 525. The Hall–Kier alpha value is -1.62. The summed E-state index contributed by atoms with van der Waals surface area (Å²) in [5.41, 5.74) is -0.651. The number of aliphatic carboxylic acids is 1. The summed E-state index contributed by atoms with van der Waals surface area (Å²) in [4.78, 5) is 27.7. The number of hydrogen-bond donors (Lipinski definition) is 2. The van der Waals surface area contributed by atoms with Gasteiger partial charge in [0.05, 0.1) is 5.41 Å². The van der Waals surface area contributed by atoms with Gasteiger partial charge in [-0.15, -0.1) is 0 Å². The van der Waals surface area contributed by atoms with Gasteiger partial charge in [0.25, 0.3) is 5.91 Å². The zero-order valence-electron chi connectivity index (χ0n) is 11.8. The largest absolute Gasteiger partial charge is 0.481 e. The molecule has 0 bridgehead atoms. The lowest BCUT2D eigenvalue weighted by molar-refractivity contribution is -0.149. The van der Waals surface area contributed by atoms with E-state index in [2.05, 4.69) is 10.3 Å². The lowest BCUT2D eigenvalue weighted by Crippen LogP contribution is -2.43. The summed E-state index contributed by atoms with van der Waals surface area (Å²) in [6.45, 7) is 0.134. The molecule has 1 saturated carbocycles. The summed E-state index contributed by atoms with van der Waals surface area (Å²) in [5.74, 6) is -1.22. The van der Waals surface area contributed by atoms with Crippen molar-refractivity contribution >= 4 is 23.5 Å². The van der Waals surface area contributed by atoms with Gasteiger partial charge in [-0.25, -0.2) is 0 Å². The molecule has 2 rings (SSSR count). The Morgan fingerprint density at radius 3 is 2.52 bits per heavy atom. The van der Waals surface area contributed by atoms with Crippen molar-refractivity contribution in [1.29, 1.82) is 0 Å². The molecule has 1 aromatic rings. The van der Waals surface area contributed by atoms with Crippen LogP contribution in [0.1, 0.15) is 49.0 Å². The second-order valence-corrected chi connectivity index (χ2v) is 5.98. The normalized spacial score (nSPS) is 17.8. The minimum absolute atomic E-state index is 0.134. The molecule has 5 nitrogen and oxygen atoms in total. The molecule has 21 heavy (non-hydrogen) atoms. The van der Waals surface area contributed by atoms with Gasteiger partial charge in [-0.1, -0.05) is 37.3 Å². The molecule has 0 aliphatic heterocycles. The van der Waals surface area contributed by atoms with Crippen molar-refractivity contribution in [3.05, 3.63) is 29.0 Å². The summed E-state index contributed by atoms with van der Waals surface area (Å²) in [7, 11) is 0. The van der Waals surface area contributed by atoms with Crippen molar-refractivity contribution in [2.45, 2.75) is 38.5 Å². The van der Waals surface area contributed by atoms with E-state index in [9.17, 15) is 14.7 Å². The molecule has 0 saturated heterocycles. The maximum Gasteiger partial charge on any atom is 0.311 e. The van der Waals surface area contributed by atoms with Crippen LogP contribution in [0.2, 0.25) is 5.02 Å². The van der Waals surface area contributed by atoms with E-state index in [0.717, 1.165) is 25.7 Å². The maximum atomic E-state index is 12.1. The van der Waals surface area contributed by atoms with Gasteiger partial charge < -0.3 is 10.4 Å². The van der Waals surface area contributed by atoms with Crippen LogP contribution in [0.3, 0.4) is 0 Å². The number of carboxylic acids is 1. The van der Waals surface area contributed by atoms with Gasteiger partial charge in [0.2, 0.25) is 0 Å². The van der Waals surface area contributed by atoms with E-state index in [4.69, 9.17) is 11.6 Å². The van der Waals surface area contributed by atoms with E-state index in [1.165, 1.54) is 12.3 Å². The molecule has 0 atom stereocenters. The average Bonchev–Trinajstić information content (AvgIpc) is 2.71. The molecule has 0 spiro atoms. The number of pyridine rings is 1. The first-order valence-electron chi connectivity index (χ1n) is 7.17. The van der Waals surface area contributed by atoms with E-state index in [0.29, 0.717) is 17.9 Å². The molecule has 1 aliphatic carbocycles. The van der Waals surface area contributed by atoms with Crippen LogP contribution in [-0.4, -0.2) is 28.5 Å². The van der Waals surface area contributed by atoms with Gasteiger partial charge in [-0.2, -0.15) is 0 Å². The predicted octanol–water partition coefficient (Wildman–Crippen LogP) is 2.89. The lowest BCUT2D eigenvalue weighted by Gasteiger charge is -2.28. The number of carbonyl (C=O) groups excluding carboxylic acids is 1. The number of nitrogens with zero attached hydrogens (tertiary/aromatic N) is 1. The first-order chi connectivity index (χ1) is 10.0. The zero-order valence-corrected chi connectivity index (χ0v) is 12.5. The highest BCUT2D eigenvalue weighted by Crippen LogP contribution is 2.34. The van der Waals surface area contributed by atoms with Crippen LogP contribution in [0.4, 0.5) is 0 Å². The Kier molecular flexibility index (Phi) is 5.17. The van der Waals surface area contributed by atoms with Gasteiger partial charge in [0, 0.05) is 17.8 Å². The van der Waals surface area contributed by atoms with Crippen LogP contribution in [0, 0.1) is 5.41 Å². The second kappa shape index (κ2) is 6.89. The van der Waals surface area contributed by atoms with Crippen molar-refractivity contribution in [2.24, 2.45) is 5.41 Å². The molecule has 0 unspecified atom stereocenters. The Morgan fingerprint density at radius 1 is 1.29 bits per heavy atom. The molecule has 1 heterocycles. The van der Waals surface area contributed by atoms with Crippen LogP contribution in [0.15, 0.2) is 18.3 Å². The predicted molar refractivity (Wildman–Crippen MR) is 79.4 cm³/mol. The quantitative estimate of drug-likeness (QED) is 0.838. The van der Waals surface area contributed by atoms with Gasteiger partial charge in [0.1, 0.15) is 5.69 Å². The Labute approximate surface area is 128 Å². The van der Waals surface area contributed by atoms with Crippen LogP contribution in [0.5, 0.6) is 0 Å². The molecular weight excluding hydrogens is 292 g/mol. The topological polar surface area (TPSA) is 79.3 Å². The van der Waals surface area contributed by atoms with Gasteiger partial charge in [-0.3, -0.25) is 14.6 Å². The number of halogens is 1. The number of nitrogens with one attached hydrogen (secondary N) is 1. The van der Waals surface area contributed by atoms with E-state index in [-0.39, 0.29) is 18.1 Å². The molecule has 1 aromatic heterocycles. The van der Waals surface area contributed by atoms with E-state index < -0.39 is 11.4 Å². The molecule has 1 amide bonds. The molecule has 114 valence electrons. The molecule has 1 fully saturated rings. The monoisotopic (exact) mass is 310 g/mol. The lowest BCUT2D eigenvalue weighted by atomic mass is 9.80. The summed E-state index contributed by atoms with van der Waals surface area (Å²) in [5, 5.41) is 12.7. The number of hydrogen-bond acceptors (Lipinski definition) is 3. The molecule has 6 heteroatoms. The number of carbonyl (C=O) groups is 2. The number of carboxylic acid groups (broad SMARTS) is 1. The Balaban J connectivity index is 2.04. The minimum atomic E-state index is -0.856. The first-order valence-corrected chi connectivity index (χ1v) is 7.54. The Morgan fingerprint density at radius 2 is 1.95 bits per heavy atom. The van der Waals surface area contributed by atoms with Crippen LogP contribution >= 0.6 is 11.6 Å². The number of aromatic nitrogens is 1. The van der Waals surface area contributed by atoms with E-state index in [1.54, 1.807) is 6.07 Å². The van der Waals surface area contributed by atoms with Gasteiger partial charge in [-0.05, 0) is 25.0 Å². The van der Waals surface area contributed by atoms with Crippen LogP contribution < -0.4 is 5.32 Å². The molecule has 0 aromatic carbocycles. The zero-order chi connectivity index (χ0) is 15.3. The highest BCUT2D eigenvalue weighted by molar-refractivity contribution is 6.30. The average molecular weight is 311 g/mol. The van der Waals surface area contributed by atoms with Crippen LogP contribution in [0.25, 0.3) is 0 Å². The minimum Gasteiger partial charge on any atom is -0.481 e. The summed E-state index contributed by atoms with van der Waals surface area (Å²) in [6, 6.07) is 3.06. The first kappa shape index (κ1) is 15.8. The molecule has 2 N–H and O–H groups in total. The van der Waals surface area contributed by atoms with Crippen molar-refractivity contribution in [1.82, 2.24) is 10.3 Å².